The molecule has 0 aliphatic heterocycles. The maximum atomic E-state index is 5.91. The Balaban J connectivity index is 1.31. The Morgan fingerprint density at radius 3 is 2.27 bits per heavy atom. The molecular formula is C28H41NO. The van der Waals surface area contributed by atoms with Crippen molar-refractivity contribution in [3.8, 4) is 17.0 Å². The Bertz CT molecular complexity index is 688. The van der Waals surface area contributed by atoms with Crippen LogP contribution >= 0.6 is 0 Å². The number of rotatable bonds is 16. The fraction of sp³-hybridized carbons (Fsp3) is 0.607. The van der Waals surface area contributed by atoms with Gasteiger partial charge in [-0.3, -0.25) is 4.98 Å². The number of hydrogen-bond acceptors (Lipinski definition) is 2. The number of ether oxygens (including phenoxy) is 1. The third-order valence-corrected chi connectivity index (χ3v) is 6.27. The first-order valence-corrected chi connectivity index (χ1v) is 12.5. The molecular weight excluding hydrogens is 366 g/mol. The van der Waals surface area contributed by atoms with Gasteiger partial charge in [0.25, 0.3) is 0 Å². The second-order valence-corrected chi connectivity index (χ2v) is 9.09. The van der Waals surface area contributed by atoms with Crippen LogP contribution in [0.5, 0.6) is 5.75 Å². The van der Waals surface area contributed by atoms with Crippen LogP contribution in [-0.2, 0) is 6.42 Å². The van der Waals surface area contributed by atoms with Crippen LogP contribution in [0, 0.1) is 5.92 Å². The summed E-state index contributed by atoms with van der Waals surface area (Å²) >= 11 is 0. The lowest BCUT2D eigenvalue weighted by Crippen LogP contribution is -1.97. The number of unbranched alkanes of at least 4 members (excludes halogenated alkanes) is 8. The van der Waals surface area contributed by atoms with Gasteiger partial charge in [-0.25, -0.2) is 0 Å². The molecule has 1 aliphatic carbocycles. The Hall–Kier alpha value is -1.83. The quantitative estimate of drug-likeness (QED) is 0.261. The molecule has 0 amide bonds. The van der Waals surface area contributed by atoms with E-state index in [0.29, 0.717) is 0 Å². The summed E-state index contributed by atoms with van der Waals surface area (Å²) in [4.78, 5) is 4.69. The summed E-state index contributed by atoms with van der Waals surface area (Å²) < 4.78 is 5.91. The zero-order valence-electron chi connectivity index (χ0n) is 19.1. The molecule has 0 atom stereocenters. The minimum atomic E-state index is 0.828. The van der Waals surface area contributed by atoms with E-state index < -0.39 is 0 Å². The molecule has 1 heterocycles. The summed E-state index contributed by atoms with van der Waals surface area (Å²) in [5.74, 6) is 2.04. The molecule has 1 saturated carbocycles. The third-order valence-electron chi connectivity index (χ3n) is 6.27. The Labute approximate surface area is 184 Å². The molecule has 1 aromatic heterocycles. The summed E-state index contributed by atoms with van der Waals surface area (Å²) in [6.07, 6.45) is 20.9. The van der Waals surface area contributed by atoms with Crippen molar-refractivity contribution in [2.75, 3.05) is 6.61 Å². The van der Waals surface area contributed by atoms with Crippen LogP contribution in [0.4, 0.5) is 0 Å². The van der Waals surface area contributed by atoms with E-state index in [1.54, 1.807) is 0 Å². The molecule has 3 rings (SSSR count). The van der Waals surface area contributed by atoms with Crippen molar-refractivity contribution in [3.63, 3.8) is 0 Å². The van der Waals surface area contributed by atoms with Crippen LogP contribution in [0.1, 0.15) is 96.0 Å². The Morgan fingerprint density at radius 2 is 1.53 bits per heavy atom. The molecule has 0 N–H and O–H groups in total. The van der Waals surface area contributed by atoms with Gasteiger partial charge in [0, 0.05) is 11.8 Å². The van der Waals surface area contributed by atoms with E-state index in [2.05, 4.69) is 54.5 Å². The molecule has 2 aromatic rings. The Kier molecular flexibility index (Phi) is 10.3. The van der Waals surface area contributed by atoms with Gasteiger partial charge in [-0.1, -0.05) is 83.6 Å². The predicted molar refractivity (Wildman–Crippen MR) is 128 cm³/mol. The summed E-state index contributed by atoms with van der Waals surface area (Å²) in [5.41, 5.74) is 3.56. The van der Waals surface area contributed by atoms with Gasteiger partial charge in [-0.15, -0.1) is 0 Å². The topological polar surface area (TPSA) is 22.1 Å². The smallest absolute Gasteiger partial charge is 0.119 e. The zero-order chi connectivity index (χ0) is 20.9. The van der Waals surface area contributed by atoms with Gasteiger partial charge >= 0.3 is 0 Å². The minimum Gasteiger partial charge on any atom is -0.494 e. The first kappa shape index (κ1) is 22.8. The highest BCUT2D eigenvalue weighted by Crippen LogP contribution is 2.34. The van der Waals surface area contributed by atoms with Crippen molar-refractivity contribution in [1.29, 1.82) is 0 Å². The van der Waals surface area contributed by atoms with Gasteiger partial charge in [0.1, 0.15) is 5.75 Å². The van der Waals surface area contributed by atoms with Crippen LogP contribution in [0.2, 0.25) is 0 Å². The summed E-state index contributed by atoms with van der Waals surface area (Å²) in [6, 6.07) is 12.8. The number of pyridine rings is 1. The molecule has 164 valence electrons. The van der Waals surface area contributed by atoms with Gasteiger partial charge in [0.15, 0.2) is 0 Å². The fourth-order valence-electron chi connectivity index (χ4n) is 4.06. The van der Waals surface area contributed by atoms with Gasteiger partial charge in [-0.05, 0) is 61.1 Å². The van der Waals surface area contributed by atoms with Gasteiger partial charge in [0.05, 0.1) is 12.3 Å². The molecule has 1 aliphatic rings. The van der Waals surface area contributed by atoms with Gasteiger partial charge in [-0.2, -0.15) is 0 Å². The van der Waals surface area contributed by atoms with E-state index in [9.17, 15) is 0 Å². The van der Waals surface area contributed by atoms with Crippen LogP contribution < -0.4 is 4.74 Å². The number of aryl methyl sites for hydroxylation is 1. The first-order valence-electron chi connectivity index (χ1n) is 12.5. The van der Waals surface area contributed by atoms with Crippen molar-refractivity contribution in [2.24, 2.45) is 5.92 Å². The first-order chi connectivity index (χ1) is 14.8. The summed E-state index contributed by atoms with van der Waals surface area (Å²) in [7, 11) is 0. The third kappa shape index (κ3) is 8.90. The molecule has 1 aromatic carbocycles. The molecule has 0 radical (unpaired) electrons. The summed E-state index contributed by atoms with van der Waals surface area (Å²) in [5, 5.41) is 0. The Morgan fingerprint density at radius 1 is 0.800 bits per heavy atom. The van der Waals surface area contributed by atoms with E-state index >= 15 is 0 Å². The van der Waals surface area contributed by atoms with Crippen molar-refractivity contribution in [3.05, 3.63) is 48.2 Å². The molecule has 2 heteroatoms. The molecule has 30 heavy (non-hydrogen) atoms. The van der Waals surface area contributed by atoms with E-state index in [1.165, 1.54) is 82.6 Å². The number of nitrogens with zero attached hydrogens (tertiary/aromatic N) is 1. The second kappa shape index (κ2) is 13.5. The largest absolute Gasteiger partial charge is 0.494 e. The number of aromatic nitrogens is 1. The van der Waals surface area contributed by atoms with Crippen molar-refractivity contribution < 1.29 is 4.74 Å². The number of hydrogen-bond donors (Lipinski definition) is 0. The highest BCUT2D eigenvalue weighted by Gasteiger charge is 2.19. The predicted octanol–water partition coefficient (Wildman–Crippen LogP) is 8.39. The van der Waals surface area contributed by atoms with Crippen molar-refractivity contribution in [2.45, 2.75) is 96.8 Å². The van der Waals surface area contributed by atoms with Gasteiger partial charge in [0.2, 0.25) is 0 Å². The van der Waals surface area contributed by atoms with Crippen LogP contribution in [-0.4, -0.2) is 11.6 Å². The molecule has 2 nitrogen and oxygen atoms in total. The average molecular weight is 408 g/mol. The maximum absolute atomic E-state index is 5.91. The minimum absolute atomic E-state index is 0.828. The van der Waals surface area contributed by atoms with Crippen LogP contribution in [0.25, 0.3) is 11.3 Å². The van der Waals surface area contributed by atoms with E-state index in [1.807, 2.05) is 0 Å². The fourth-order valence-corrected chi connectivity index (χ4v) is 4.06. The average Bonchev–Trinajstić information content (AvgIpc) is 3.61. The van der Waals surface area contributed by atoms with E-state index in [4.69, 9.17) is 4.74 Å². The lowest BCUT2D eigenvalue weighted by molar-refractivity contribution is 0.304. The molecule has 1 fully saturated rings. The number of benzene rings is 1. The normalized spacial score (nSPS) is 13.5. The van der Waals surface area contributed by atoms with E-state index in [-0.39, 0.29) is 0 Å². The lowest BCUT2D eigenvalue weighted by Gasteiger charge is -2.08. The standard InChI is InChI=1S/C28H41NO/c1-2-3-4-5-6-10-13-25-16-21-28(29-23-25)26-17-19-27(20-18-26)30-22-11-8-7-9-12-24-14-15-24/h16-21,23-24H,2-15,22H2,1H3. The second-order valence-electron chi connectivity index (χ2n) is 9.09. The molecule has 0 saturated heterocycles. The SMILES string of the molecule is CCCCCCCCc1ccc(-c2ccc(OCCCCCCC3CC3)cc2)nc1. The highest BCUT2D eigenvalue weighted by atomic mass is 16.5. The van der Waals surface area contributed by atoms with E-state index in [0.717, 1.165) is 42.4 Å². The van der Waals surface area contributed by atoms with Crippen LogP contribution in [0.15, 0.2) is 42.6 Å². The summed E-state index contributed by atoms with van der Waals surface area (Å²) in [6.45, 7) is 3.10. The molecule has 0 unspecified atom stereocenters. The molecule has 0 spiro atoms. The monoisotopic (exact) mass is 407 g/mol. The zero-order valence-corrected chi connectivity index (χ0v) is 19.1. The van der Waals surface area contributed by atoms with Crippen molar-refractivity contribution in [1.82, 2.24) is 4.98 Å². The highest BCUT2D eigenvalue weighted by molar-refractivity contribution is 5.60. The van der Waals surface area contributed by atoms with Crippen LogP contribution in [0.3, 0.4) is 0 Å². The van der Waals surface area contributed by atoms with Gasteiger partial charge < -0.3 is 4.74 Å². The lowest BCUT2D eigenvalue weighted by atomic mass is 10.1. The maximum Gasteiger partial charge on any atom is 0.119 e. The van der Waals surface area contributed by atoms with Crippen molar-refractivity contribution >= 4 is 0 Å². The molecule has 0 bridgehead atoms.